The van der Waals surface area contributed by atoms with E-state index in [1.165, 1.54) is 31.4 Å². The fourth-order valence-electron chi connectivity index (χ4n) is 2.90. The molecule has 1 aromatic rings. The molecular weight excluding hydrogens is 292 g/mol. The highest BCUT2D eigenvalue weighted by Gasteiger charge is 2.24. The summed E-state index contributed by atoms with van der Waals surface area (Å²) >= 11 is 6.05. The molecule has 0 saturated heterocycles. The predicted molar refractivity (Wildman–Crippen MR) is 82.3 cm³/mol. The largest absolute Gasteiger partial charge is 0.376 e. The lowest BCUT2D eigenvalue weighted by atomic mass is 9.80. The smallest absolute Gasteiger partial charge is 0.270 e. The summed E-state index contributed by atoms with van der Waals surface area (Å²) in [5, 5.41) is 11.0. The molecule has 1 saturated carbocycles. The van der Waals surface area contributed by atoms with Crippen LogP contribution in [0, 0.1) is 22.0 Å². The molecule has 1 aliphatic carbocycles. The monoisotopic (exact) mass is 312 g/mol. The van der Waals surface area contributed by atoms with E-state index in [4.69, 9.17) is 22.1 Å². The van der Waals surface area contributed by atoms with Gasteiger partial charge in [-0.2, -0.15) is 0 Å². The van der Waals surface area contributed by atoms with Gasteiger partial charge in [-0.3, -0.25) is 10.1 Å². The van der Waals surface area contributed by atoms with Crippen molar-refractivity contribution in [1.29, 1.82) is 0 Å². The lowest BCUT2D eigenvalue weighted by Gasteiger charge is -2.30. The summed E-state index contributed by atoms with van der Waals surface area (Å²) in [6.45, 7) is 1.77. The zero-order valence-electron chi connectivity index (χ0n) is 12.0. The van der Waals surface area contributed by atoms with Gasteiger partial charge in [0.25, 0.3) is 5.69 Å². The third kappa shape index (κ3) is 4.40. The Hall–Kier alpha value is -1.17. The van der Waals surface area contributed by atoms with Gasteiger partial charge in [-0.15, -0.1) is 0 Å². The Morgan fingerprint density at radius 1 is 1.33 bits per heavy atom. The van der Waals surface area contributed by atoms with Gasteiger partial charge in [-0.25, -0.2) is 0 Å². The van der Waals surface area contributed by atoms with Crippen molar-refractivity contribution < 1.29 is 9.66 Å². The normalized spacial score (nSPS) is 22.2. The van der Waals surface area contributed by atoms with Crippen molar-refractivity contribution in [3.8, 4) is 0 Å². The van der Waals surface area contributed by atoms with Gasteiger partial charge in [0.15, 0.2) is 0 Å². The van der Waals surface area contributed by atoms with Crippen molar-refractivity contribution in [2.75, 3.05) is 13.2 Å². The van der Waals surface area contributed by atoms with Crippen LogP contribution >= 0.6 is 11.6 Å². The van der Waals surface area contributed by atoms with E-state index in [-0.39, 0.29) is 5.69 Å². The van der Waals surface area contributed by atoms with Gasteiger partial charge >= 0.3 is 0 Å². The van der Waals surface area contributed by atoms with E-state index >= 15 is 0 Å². The summed E-state index contributed by atoms with van der Waals surface area (Å²) in [4.78, 5) is 10.2. The third-order valence-corrected chi connectivity index (χ3v) is 4.56. The highest BCUT2D eigenvalue weighted by Crippen LogP contribution is 2.30. The Morgan fingerprint density at radius 2 is 2.05 bits per heavy atom. The van der Waals surface area contributed by atoms with Gasteiger partial charge in [0.1, 0.15) is 0 Å². The first-order valence-electron chi connectivity index (χ1n) is 7.32. The molecule has 0 amide bonds. The number of hydrogen-bond donors (Lipinski definition) is 1. The van der Waals surface area contributed by atoms with Crippen LogP contribution < -0.4 is 5.73 Å². The minimum absolute atomic E-state index is 0.000716. The van der Waals surface area contributed by atoms with Crippen molar-refractivity contribution in [2.24, 2.45) is 17.6 Å². The van der Waals surface area contributed by atoms with E-state index in [1.807, 2.05) is 0 Å². The number of non-ortho nitro benzene ring substituents is 1. The van der Waals surface area contributed by atoms with Crippen LogP contribution in [0.25, 0.3) is 0 Å². The average Bonchev–Trinajstić information content (AvgIpc) is 2.49. The van der Waals surface area contributed by atoms with Crippen LogP contribution in [-0.2, 0) is 11.3 Å². The Morgan fingerprint density at radius 3 is 2.67 bits per heavy atom. The standard InChI is InChI=1S/C15H21ClN2O3/c16-15-7-14(18(19)20)6-5-13(15)10-21-9-12-4-2-1-3-11(12)8-17/h5-7,11-12H,1-4,8-10,17H2. The molecule has 21 heavy (non-hydrogen) atoms. The molecule has 1 aliphatic rings. The second-order valence-electron chi connectivity index (χ2n) is 5.59. The first-order chi connectivity index (χ1) is 10.1. The van der Waals surface area contributed by atoms with Crippen LogP contribution in [0.15, 0.2) is 18.2 Å². The van der Waals surface area contributed by atoms with Crippen LogP contribution in [-0.4, -0.2) is 18.1 Å². The van der Waals surface area contributed by atoms with Crippen molar-refractivity contribution in [1.82, 2.24) is 0 Å². The fraction of sp³-hybridized carbons (Fsp3) is 0.600. The van der Waals surface area contributed by atoms with E-state index in [0.717, 1.165) is 12.0 Å². The number of ether oxygens (including phenoxy) is 1. The first kappa shape index (κ1) is 16.2. The van der Waals surface area contributed by atoms with E-state index < -0.39 is 4.92 Å². The van der Waals surface area contributed by atoms with Crippen molar-refractivity contribution >= 4 is 17.3 Å². The molecule has 2 atom stereocenters. The maximum Gasteiger partial charge on any atom is 0.270 e. The third-order valence-electron chi connectivity index (χ3n) is 4.21. The molecule has 0 bridgehead atoms. The van der Waals surface area contributed by atoms with Crippen LogP contribution in [0.2, 0.25) is 5.02 Å². The van der Waals surface area contributed by atoms with Crippen LogP contribution in [0.1, 0.15) is 31.2 Å². The molecule has 1 fully saturated rings. The molecule has 1 aromatic carbocycles. The summed E-state index contributed by atoms with van der Waals surface area (Å²) in [7, 11) is 0. The van der Waals surface area contributed by atoms with E-state index in [9.17, 15) is 10.1 Å². The lowest BCUT2D eigenvalue weighted by Crippen LogP contribution is -2.29. The summed E-state index contributed by atoms with van der Waals surface area (Å²) in [5.74, 6) is 1.06. The second kappa shape index (κ2) is 7.73. The molecule has 2 N–H and O–H groups in total. The van der Waals surface area contributed by atoms with E-state index in [1.54, 1.807) is 6.07 Å². The number of nitro groups is 1. The topological polar surface area (TPSA) is 78.4 Å². The Labute approximate surface area is 129 Å². The number of rotatable bonds is 6. The molecule has 116 valence electrons. The highest BCUT2D eigenvalue weighted by molar-refractivity contribution is 6.31. The SMILES string of the molecule is NCC1CCCCC1COCc1ccc([N+](=O)[O-])cc1Cl. The molecule has 0 radical (unpaired) electrons. The summed E-state index contributed by atoms with van der Waals surface area (Å²) < 4.78 is 5.76. The average molecular weight is 313 g/mol. The van der Waals surface area contributed by atoms with E-state index in [2.05, 4.69) is 0 Å². The first-order valence-corrected chi connectivity index (χ1v) is 7.70. The number of nitrogens with zero attached hydrogens (tertiary/aromatic N) is 1. The minimum Gasteiger partial charge on any atom is -0.376 e. The minimum atomic E-state index is -0.454. The van der Waals surface area contributed by atoms with Crippen molar-refractivity contribution in [2.45, 2.75) is 32.3 Å². The number of hydrogen-bond acceptors (Lipinski definition) is 4. The number of nitrogens with two attached hydrogens (primary N) is 1. The summed E-state index contributed by atoms with van der Waals surface area (Å²) in [5.41, 5.74) is 6.58. The number of halogens is 1. The predicted octanol–water partition coefficient (Wildman–Crippen LogP) is 3.53. The maximum absolute atomic E-state index is 10.7. The van der Waals surface area contributed by atoms with Crippen LogP contribution in [0.3, 0.4) is 0 Å². The quantitative estimate of drug-likeness (QED) is 0.644. The van der Waals surface area contributed by atoms with Gasteiger partial charge < -0.3 is 10.5 Å². The fourth-order valence-corrected chi connectivity index (χ4v) is 3.13. The summed E-state index contributed by atoms with van der Waals surface area (Å²) in [6, 6.07) is 4.47. The van der Waals surface area contributed by atoms with Crippen molar-refractivity contribution in [3.05, 3.63) is 38.9 Å². The Kier molecular flexibility index (Phi) is 5.96. The van der Waals surface area contributed by atoms with Gasteiger partial charge in [-0.1, -0.05) is 24.4 Å². The number of nitro benzene ring substituents is 1. The summed E-state index contributed by atoms with van der Waals surface area (Å²) in [6.07, 6.45) is 4.84. The van der Waals surface area contributed by atoms with Gasteiger partial charge in [0.05, 0.1) is 23.2 Å². The molecule has 0 heterocycles. The molecular formula is C15H21ClN2O3. The van der Waals surface area contributed by atoms with Gasteiger partial charge in [0, 0.05) is 12.1 Å². The van der Waals surface area contributed by atoms with Crippen LogP contribution in [0.4, 0.5) is 5.69 Å². The zero-order chi connectivity index (χ0) is 15.2. The highest BCUT2D eigenvalue weighted by atomic mass is 35.5. The molecule has 2 unspecified atom stereocenters. The Balaban J connectivity index is 1.87. The van der Waals surface area contributed by atoms with Gasteiger partial charge in [0.2, 0.25) is 0 Å². The van der Waals surface area contributed by atoms with Crippen molar-refractivity contribution in [3.63, 3.8) is 0 Å². The zero-order valence-corrected chi connectivity index (χ0v) is 12.7. The molecule has 2 rings (SSSR count). The molecule has 6 heteroatoms. The van der Waals surface area contributed by atoms with Gasteiger partial charge in [-0.05, 0) is 42.9 Å². The second-order valence-corrected chi connectivity index (χ2v) is 6.00. The Bertz CT molecular complexity index is 496. The van der Waals surface area contributed by atoms with E-state index in [0.29, 0.717) is 36.6 Å². The molecule has 0 spiro atoms. The lowest BCUT2D eigenvalue weighted by molar-refractivity contribution is -0.384. The maximum atomic E-state index is 10.7. The molecule has 0 aliphatic heterocycles. The number of benzene rings is 1. The molecule has 5 nitrogen and oxygen atoms in total. The molecule has 0 aromatic heterocycles. The van der Waals surface area contributed by atoms with Crippen LogP contribution in [0.5, 0.6) is 0 Å².